The summed E-state index contributed by atoms with van der Waals surface area (Å²) in [4.78, 5) is 0. The normalized spacial score (nSPS) is 14.0. The number of nitrogens with one attached hydrogen (secondary N) is 1. The highest BCUT2D eigenvalue weighted by atomic mass is 16.5. The van der Waals surface area contributed by atoms with E-state index in [1.54, 1.807) is 0 Å². The number of aliphatic hydroxyl groups is 1. The number of benzene rings is 1. The molecule has 18 heavy (non-hydrogen) atoms. The SMILES string of the molecule is CCCOc1cccc(NC(C)C(C)CO)c1N. The Hall–Kier alpha value is -1.42. The molecule has 0 bridgehead atoms. The Bertz CT molecular complexity index is 369. The van der Waals surface area contributed by atoms with Crippen LogP contribution in [0.1, 0.15) is 27.2 Å². The number of rotatable bonds is 7. The topological polar surface area (TPSA) is 67.5 Å². The quantitative estimate of drug-likeness (QED) is 0.652. The highest BCUT2D eigenvalue weighted by Gasteiger charge is 2.13. The smallest absolute Gasteiger partial charge is 0.144 e. The van der Waals surface area contributed by atoms with Gasteiger partial charge in [0.1, 0.15) is 5.75 Å². The first-order chi connectivity index (χ1) is 8.60. The maximum atomic E-state index is 9.13. The van der Waals surface area contributed by atoms with Crippen molar-refractivity contribution in [3.05, 3.63) is 18.2 Å². The summed E-state index contributed by atoms with van der Waals surface area (Å²) in [5.41, 5.74) is 7.55. The molecular formula is C14H24N2O2. The highest BCUT2D eigenvalue weighted by Crippen LogP contribution is 2.30. The molecule has 0 aliphatic heterocycles. The summed E-state index contributed by atoms with van der Waals surface area (Å²) in [6, 6.07) is 5.86. The van der Waals surface area contributed by atoms with Gasteiger partial charge in [0.2, 0.25) is 0 Å². The zero-order valence-electron chi connectivity index (χ0n) is 11.4. The standard InChI is InChI=1S/C14H24N2O2/c1-4-8-18-13-7-5-6-12(14(13)15)16-11(3)10(2)9-17/h5-7,10-11,16-17H,4,8-9,15H2,1-3H3. The Kier molecular flexibility index (Phi) is 5.78. The molecule has 1 rings (SSSR count). The Morgan fingerprint density at radius 2 is 2.11 bits per heavy atom. The third-order valence-electron chi connectivity index (χ3n) is 3.05. The van der Waals surface area contributed by atoms with E-state index >= 15 is 0 Å². The molecular weight excluding hydrogens is 228 g/mol. The molecule has 2 unspecified atom stereocenters. The number of ether oxygens (including phenoxy) is 1. The van der Waals surface area contributed by atoms with Crippen LogP contribution in [-0.2, 0) is 0 Å². The van der Waals surface area contributed by atoms with Crippen LogP contribution < -0.4 is 15.8 Å². The molecule has 0 spiro atoms. The van der Waals surface area contributed by atoms with Crippen molar-refractivity contribution in [3.8, 4) is 5.75 Å². The summed E-state index contributed by atoms with van der Waals surface area (Å²) in [5.74, 6) is 0.885. The summed E-state index contributed by atoms with van der Waals surface area (Å²) < 4.78 is 5.58. The van der Waals surface area contributed by atoms with Gasteiger partial charge in [-0.05, 0) is 31.4 Å². The van der Waals surface area contributed by atoms with Gasteiger partial charge in [0.05, 0.1) is 18.0 Å². The Morgan fingerprint density at radius 3 is 2.72 bits per heavy atom. The fourth-order valence-electron chi connectivity index (χ4n) is 1.55. The number of para-hydroxylation sites is 1. The summed E-state index contributed by atoms with van der Waals surface area (Å²) in [5, 5.41) is 12.4. The van der Waals surface area contributed by atoms with E-state index in [2.05, 4.69) is 12.2 Å². The molecule has 2 atom stereocenters. The van der Waals surface area contributed by atoms with Gasteiger partial charge in [0, 0.05) is 12.6 Å². The van der Waals surface area contributed by atoms with Gasteiger partial charge in [0.15, 0.2) is 0 Å². The molecule has 4 heteroatoms. The molecule has 4 N–H and O–H groups in total. The predicted octanol–water partition coefficient (Wildman–Crippen LogP) is 2.49. The summed E-state index contributed by atoms with van der Waals surface area (Å²) >= 11 is 0. The molecule has 0 saturated heterocycles. The van der Waals surface area contributed by atoms with Crippen LogP contribution in [0.4, 0.5) is 11.4 Å². The van der Waals surface area contributed by atoms with Crippen molar-refractivity contribution < 1.29 is 9.84 Å². The largest absolute Gasteiger partial charge is 0.491 e. The first-order valence-electron chi connectivity index (χ1n) is 6.48. The van der Waals surface area contributed by atoms with Gasteiger partial charge >= 0.3 is 0 Å². The number of hydrogen-bond donors (Lipinski definition) is 3. The molecule has 0 amide bonds. The lowest BCUT2D eigenvalue weighted by Gasteiger charge is -2.22. The lowest BCUT2D eigenvalue weighted by molar-refractivity contribution is 0.226. The Balaban J connectivity index is 2.77. The van der Waals surface area contributed by atoms with Crippen molar-refractivity contribution in [1.82, 2.24) is 0 Å². The second kappa shape index (κ2) is 7.11. The second-order valence-electron chi connectivity index (χ2n) is 4.66. The molecule has 1 aromatic rings. The second-order valence-corrected chi connectivity index (χ2v) is 4.66. The van der Waals surface area contributed by atoms with Crippen LogP contribution >= 0.6 is 0 Å². The Morgan fingerprint density at radius 1 is 1.39 bits per heavy atom. The minimum atomic E-state index is 0.152. The summed E-state index contributed by atoms with van der Waals surface area (Å²) in [6.45, 7) is 6.89. The van der Waals surface area contributed by atoms with Gasteiger partial charge in [0.25, 0.3) is 0 Å². The first kappa shape index (κ1) is 14.6. The molecule has 0 aliphatic rings. The molecule has 0 aromatic heterocycles. The monoisotopic (exact) mass is 252 g/mol. The summed E-state index contributed by atoms with van der Waals surface area (Å²) in [7, 11) is 0. The number of nitrogens with two attached hydrogens (primary N) is 1. The fourth-order valence-corrected chi connectivity index (χ4v) is 1.55. The molecule has 0 heterocycles. The maximum absolute atomic E-state index is 9.13. The number of anilines is 2. The van der Waals surface area contributed by atoms with Crippen molar-refractivity contribution in [3.63, 3.8) is 0 Å². The Labute approximate surface area is 109 Å². The third-order valence-corrected chi connectivity index (χ3v) is 3.05. The van der Waals surface area contributed by atoms with Crippen LogP contribution in [0.25, 0.3) is 0 Å². The molecule has 0 radical (unpaired) electrons. The minimum absolute atomic E-state index is 0.152. The molecule has 0 saturated carbocycles. The molecule has 4 nitrogen and oxygen atoms in total. The number of nitrogen functional groups attached to an aromatic ring is 1. The van der Waals surface area contributed by atoms with E-state index in [4.69, 9.17) is 15.6 Å². The van der Waals surface area contributed by atoms with E-state index in [1.165, 1.54) is 0 Å². The van der Waals surface area contributed by atoms with Gasteiger partial charge in [-0.25, -0.2) is 0 Å². The van der Waals surface area contributed by atoms with E-state index in [1.807, 2.05) is 32.0 Å². The predicted molar refractivity (Wildman–Crippen MR) is 76.0 cm³/mol. The van der Waals surface area contributed by atoms with Crippen molar-refractivity contribution in [2.24, 2.45) is 5.92 Å². The number of hydrogen-bond acceptors (Lipinski definition) is 4. The van der Waals surface area contributed by atoms with E-state index in [9.17, 15) is 0 Å². The highest BCUT2D eigenvalue weighted by molar-refractivity contribution is 5.73. The van der Waals surface area contributed by atoms with Gasteiger partial charge in [-0.1, -0.05) is 19.9 Å². The van der Waals surface area contributed by atoms with Crippen LogP contribution in [0.3, 0.4) is 0 Å². The summed E-state index contributed by atoms with van der Waals surface area (Å²) in [6.07, 6.45) is 0.953. The molecule has 0 aliphatic carbocycles. The van der Waals surface area contributed by atoms with Gasteiger partial charge < -0.3 is 20.9 Å². The lowest BCUT2D eigenvalue weighted by atomic mass is 10.0. The van der Waals surface area contributed by atoms with E-state index in [0.717, 1.165) is 12.1 Å². The van der Waals surface area contributed by atoms with Gasteiger partial charge in [-0.15, -0.1) is 0 Å². The van der Waals surface area contributed by atoms with E-state index in [-0.39, 0.29) is 18.6 Å². The number of aliphatic hydroxyl groups excluding tert-OH is 1. The van der Waals surface area contributed by atoms with Crippen molar-refractivity contribution >= 4 is 11.4 Å². The van der Waals surface area contributed by atoms with Crippen LogP contribution in [0.15, 0.2) is 18.2 Å². The van der Waals surface area contributed by atoms with E-state index in [0.29, 0.717) is 18.0 Å². The molecule has 1 aromatic carbocycles. The molecule has 0 fully saturated rings. The van der Waals surface area contributed by atoms with Crippen molar-refractivity contribution in [2.75, 3.05) is 24.3 Å². The minimum Gasteiger partial charge on any atom is -0.491 e. The average molecular weight is 252 g/mol. The fraction of sp³-hybridized carbons (Fsp3) is 0.571. The third kappa shape index (κ3) is 3.81. The van der Waals surface area contributed by atoms with Gasteiger partial charge in [-0.2, -0.15) is 0 Å². The zero-order chi connectivity index (χ0) is 13.5. The van der Waals surface area contributed by atoms with E-state index < -0.39 is 0 Å². The average Bonchev–Trinajstić information content (AvgIpc) is 2.38. The van der Waals surface area contributed by atoms with Crippen molar-refractivity contribution in [1.29, 1.82) is 0 Å². The van der Waals surface area contributed by atoms with Crippen LogP contribution in [-0.4, -0.2) is 24.4 Å². The zero-order valence-corrected chi connectivity index (χ0v) is 11.4. The van der Waals surface area contributed by atoms with Crippen molar-refractivity contribution in [2.45, 2.75) is 33.2 Å². The lowest BCUT2D eigenvalue weighted by Crippen LogP contribution is -2.26. The maximum Gasteiger partial charge on any atom is 0.144 e. The molecule has 102 valence electrons. The van der Waals surface area contributed by atoms with Crippen LogP contribution in [0.5, 0.6) is 5.75 Å². The van der Waals surface area contributed by atoms with Gasteiger partial charge in [-0.3, -0.25) is 0 Å². The van der Waals surface area contributed by atoms with Crippen LogP contribution in [0.2, 0.25) is 0 Å². The first-order valence-corrected chi connectivity index (χ1v) is 6.48. The van der Waals surface area contributed by atoms with Crippen LogP contribution in [0, 0.1) is 5.92 Å².